The van der Waals surface area contributed by atoms with Crippen molar-refractivity contribution < 1.29 is 0 Å². The molecule has 1 heterocycles. The minimum atomic E-state index is 0.664. The molecule has 2 rings (SSSR count). The summed E-state index contributed by atoms with van der Waals surface area (Å²) in [5.41, 5.74) is 3.90. The van der Waals surface area contributed by atoms with Crippen LogP contribution in [0.3, 0.4) is 0 Å². The van der Waals surface area contributed by atoms with E-state index in [0.717, 1.165) is 26.2 Å². The molecule has 1 aliphatic heterocycles. The van der Waals surface area contributed by atoms with Gasteiger partial charge in [-0.25, -0.2) is 0 Å². The molecule has 3 heteroatoms. The normalized spacial score (nSPS) is 20.9. The lowest BCUT2D eigenvalue weighted by Gasteiger charge is -2.33. The first-order valence-corrected chi connectivity index (χ1v) is 6.88. The highest BCUT2D eigenvalue weighted by Crippen LogP contribution is 2.14. The molecule has 0 saturated carbocycles. The molecule has 0 aliphatic carbocycles. The van der Waals surface area contributed by atoms with Crippen LogP contribution >= 0.6 is 0 Å². The predicted octanol–water partition coefficient (Wildman–Crippen LogP) is 2.01. The molecule has 1 saturated heterocycles. The highest BCUT2D eigenvalue weighted by Gasteiger charge is 2.17. The predicted molar refractivity (Wildman–Crippen MR) is 78.3 cm³/mol. The fraction of sp³-hybridized carbons (Fsp3) is 0.600. The van der Waals surface area contributed by atoms with Gasteiger partial charge in [-0.2, -0.15) is 0 Å². The number of likely N-dealkylation sites (N-methyl/N-ethyl adjacent to an activating group) is 1. The third-order valence-electron chi connectivity index (χ3n) is 3.67. The SMILES string of the molecule is Cc1cc(C)cc(NCCC2CNCCN2C)c1. The minimum absolute atomic E-state index is 0.664. The summed E-state index contributed by atoms with van der Waals surface area (Å²) in [6, 6.07) is 7.31. The van der Waals surface area contributed by atoms with Crippen molar-refractivity contribution in [1.29, 1.82) is 0 Å². The molecule has 1 atom stereocenters. The molecule has 0 bridgehead atoms. The first kappa shape index (κ1) is 13.4. The zero-order valence-electron chi connectivity index (χ0n) is 11.8. The molecule has 3 nitrogen and oxygen atoms in total. The molecule has 1 unspecified atom stereocenters. The summed E-state index contributed by atoms with van der Waals surface area (Å²) < 4.78 is 0. The van der Waals surface area contributed by atoms with Crippen molar-refractivity contribution in [3.05, 3.63) is 29.3 Å². The first-order valence-electron chi connectivity index (χ1n) is 6.88. The summed E-state index contributed by atoms with van der Waals surface area (Å²) >= 11 is 0. The van der Waals surface area contributed by atoms with E-state index in [1.54, 1.807) is 0 Å². The number of anilines is 1. The lowest BCUT2D eigenvalue weighted by Crippen LogP contribution is -2.49. The Bertz CT molecular complexity index is 369. The van der Waals surface area contributed by atoms with Crippen molar-refractivity contribution in [2.75, 3.05) is 38.5 Å². The number of piperazine rings is 1. The van der Waals surface area contributed by atoms with Crippen molar-refractivity contribution in [1.82, 2.24) is 10.2 Å². The Balaban J connectivity index is 1.80. The van der Waals surface area contributed by atoms with Gasteiger partial charge < -0.3 is 15.5 Å². The topological polar surface area (TPSA) is 27.3 Å². The van der Waals surface area contributed by atoms with Crippen LogP contribution in [0.2, 0.25) is 0 Å². The lowest BCUT2D eigenvalue weighted by atomic mass is 10.1. The average Bonchev–Trinajstić information content (AvgIpc) is 2.30. The van der Waals surface area contributed by atoms with Gasteiger partial charge in [0.2, 0.25) is 0 Å². The molecule has 2 N–H and O–H groups in total. The maximum atomic E-state index is 3.54. The molecule has 0 spiro atoms. The summed E-state index contributed by atoms with van der Waals surface area (Å²) in [6.45, 7) is 8.74. The fourth-order valence-corrected chi connectivity index (χ4v) is 2.64. The Morgan fingerprint density at radius 1 is 1.28 bits per heavy atom. The minimum Gasteiger partial charge on any atom is -0.385 e. The van der Waals surface area contributed by atoms with Gasteiger partial charge in [-0.1, -0.05) is 6.07 Å². The van der Waals surface area contributed by atoms with Gasteiger partial charge in [0, 0.05) is 37.9 Å². The van der Waals surface area contributed by atoms with Crippen LogP contribution in [-0.4, -0.2) is 44.2 Å². The van der Waals surface area contributed by atoms with E-state index in [9.17, 15) is 0 Å². The first-order chi connectivity index (χ1) is 8.65. The summed E-state index contributed by atoms with van der Waals surface area (Å²) in [6.07, 6.45) is 1.19. The number of benzene rings is 1. The maximum Gasteiger partial charge on any atom is 0.0345 e. The second-order valence-corrected chi connectivity index (χ2v) is 5.43. The van der Waals surface area contributed by atoms with E-state index >= 15 is 0 Å². The zero-order valence-corrected chi connectivity index (χ0v) is 11.8. The summed E-state index contributed by atoms with van der Waals surface area (Å²) in [4.78, 5) is 2.46. The monoisotopic (exact) mass is 247 g/mol. The Kier molecular flexibility index (Phi) is 4.61. The molecule has 100 valence electrons. The molecular formula is C15H25N3. The molecule has 1 aromatic rings. The van der Waals surface area contributed by atoms with Crippen LogP contribution in [0.5, 0.6) is 0 Å². The standard InChI is InChI=1S/C15H25N3/c1-12-8-13(2)10-14(9-12)17-5-4-15-11-16-6-7-18(15)3/h8-10,15-17H,4-7,11H2,1-3H3. The average molecular weight is 247 g/mol. The molecule has 0 radical (unpaired) electrons. The van der Waals surface area contributed by atoms with E-state index < -0.39 is 0 Å². The summed E-state index contributed by atoms with van der Waals surface area (Å²) in [5, 5.41) is 7.00. The van der Waals surface area contributed by atoms with Crippen LogP contribution in [0.4, 0.5) is 5.69 Å². The van der Waals surface area contributed by atoms with Gasteiger partial charge in [-0.05, 0) is 50.6 Å². The largest absolute Gasteiger partial charge is 0.385 e. The number of aryl methyl sites for hydroxylation is 2. The van der Waals surface area contributed by atoms with Gasteiger partial charge in [0.05, 0.1) is 0 Å². The summed E-state index contributed by atoms with van der Waals surface area (Å²) in [5.74, 6) is 0. The molecule has 18 heavy (non-hydrogen) atoms. The van der Waals surface area contributed by atoms with E-state index in [1.807, 2.05) is 0 Å². The second-order valence-electron chi connectivity index (χ2n) is 5.43. The van der Waals surface area contributed by atoms with Crippen LogP contribution in [0, 0.1) is 13.8 Å². The van der Waals surface area contributed by atoms with Gasteiger partial charge >= 0.3 is 0 Å². The van der Waals surface area contributed by atoms with Gasteiger partial charge in [0.25, 0.3) is 0 Å². The number of nitrogens with zero attached hydrogens (tertiary/aromatic N) is 1. The third-order valence-corrected chi connectivity index (χ3v) is 3.67. The van der Waals surface area contributed by atoms with E-state index in [4.69, 9.17) is 0 Å². The number of nitrogens with one attached hydrogen (secondary N) is 2. The quantitative estimate of drug-likeness (QED) is 0.852. The van der Waals surface area contributed by atoms with E-state index in [0.29, 0.717) is 6.04 Å². The molecule has 1 aliphatic rings. The van der Waals surface area contributed by atoms with Crippen molar-refractivity contribution >= 4 is 5.69 Å². The highest BCUT2D eigenvalue weighted by atomic mass is 15.2. The molecule has 0 amide bonds. The fourth-order valence-electron chi connectivity index (χ4n) is 2.64. The van der Waals surface area contributed by atoms with E-state index in [1.165, 1.54) is 23.2 Å². The van der Waals surface area contributed by atoms with Crippen LogP contribution < -0.4 is 10.6 Å². The Hall–Kier alpha value is -1.06. The second kappa shape index (κ2) is 6.21. The molecular weight excluding hydrogens is 222 g/mol. The Morgan fingerprint density at radius 3 is 2.67 bits per heavy atom. The maximum absolute atomic E-state index is 3.54. The van der Waals surface area contributed by atoms with Gasteiger partial charge in [0.15, 0.2) is 0 Å². The third kappa shape index (κ3) is 3.72. The van der Waals surface area contributed by atoms with Gasteiger partial charge in [-0.3, -0.25) is 0 Å². The smallest absolute Gasteiger partial charge is 0.0345 e. The van der Waals surface area contributed by atoms with Crippen molar-refractivity contribution in [2.24, 2.45) is 0 Å². The summed E-state index contributed by atoms with van der Waals surface area (Å²) in [7, 11) is 2.22. The highest BCUT2D eigenvalue weighted by molar-refractivity contribution is 5.48. The van der Waals surface area contributed by atoms with Gasteiger partial charge in [-0.15, -0.1) is 0 Å². The Labute approximate surface area is 111 Å². The molecule has 0 aromatic heterocycles. The van der Waals surface area contributed by atoms with Crippen LogP contribution in [0.1, 0.15) is 17.5 Å². The molecule has 1 aromatic carbocycles. The van der Waals surface area contributed by atoms with Crippen LogP contribution in [0.25, 0.3) is 0 Å². The van der Waals surface area contributed by atoms with Crippen molar-refractivity contribution in [3.63, 3.8) is 0 Å². The Morgan fingerprint density at radius 2 is 2.00 bits per heavy atom. The van der Waals surface area contributed by atoms with Crippen LogP contribution in [-0.2, 0) is 0 Å². The van der Waals surface area contributed by atoms with E-state index in [2.05, 4.69) is 54.6 Å². The lowest BCUT2D eigenvalue weighted by molar-refractivity contribution is 0.194. The number of hydrogen-bond donors (Lipinski definition) is 2. The zero-order chi connectivity index (χ0) is 13.0. The number of rotatable bonds is 4. The van der Waals surface area contributed by atoms with Gasteiger partial charge in [0.1, 0.15) is 0 Å². The van der Waals surface area contributed by atoms with Crippen LogP contribution in [0.15, 0.2) is 18.2 Å². The molecule has 1 fully saturated rings. The van der Waals surface area contributed by atoms with Crippen molar-refractivity contribution in [2.45, 2.75) is 26.3 Å². The number of hydrogen-bond acceptors (Lipinski definition) is 3. The van der Waals surface area contributed by atoms with E-state index in [-0.39, 0.29) is 0 Å². The van der Waals surface area contributed by atoms with Crippen molar-refractivity contribution in [3.8, 4) is 0 Å².